The van der Waals surface area contributed by atoms with Gasteiger partial charge < -0.3 is 0 Å². The first-order chi connectivity index (χ1) is 54.2. The molecule has 0 N–H and O–H groups in total. The molecule has 618 valence electrons. The van der Waals surface area contributed by atoms with Crippen molar-refractivity contribution in [1.29, 1.82) is 0 Å². The summed E-state index contributed by atoms with van der Waals surface area (Å²) in [7, 11) is 0. The van der Waals surface area contributed by atoms with Crippen LogP contribution in [0.5, 0.6) is 0 Å². The molecule has 0 aliphatic rings. The summed E-state index contributed by atoms with van der Waals surface area (Å²) in [6.45, 7) is 43.3. The average Bonchev–Trinajstić information content (AvgIpc) is 1.69. The second kappa shape index (κ2) is 52.3. The molecule has 9 heteroatoms. The van der Waals surface area contributed by atoms with Gasteiger partial charge in [0.1, 0.15) is 30.0 Å². The molecule has 7 aromatic rings. The molecular weight excluding hydrogens is 1410 g/mol. The molecule has 0 bridgehead atoms. The molecular formula is C102H162N6S3. The third-order valence-corrected chi connectivity index (χ3v) is 29.5. The normalized spacial score (nSPS) is 14.4. The minimum Gasteiger partial charge on any atom is -0.138 e. The van der Waals surface area contributed by atoms with Gasteiger partial charge in [0.15, 0.2) is 0 Å². The van der Waals surface area contributed by atoms with Gasteiger partial charge in [-0.15, -0.1) is 30.6 Å². The van der Waals surface area contributed by atoms with Crippen molar-refractivity contribution in [1.82, 2.24) is 30.6 Å². The van der Waals surface area contributed by atoms with Crippen LogP contribution in [0, 0.1) is 53.3 Å². The molecule has 4 aromatic carbocycles. The molecule has 0 amide bonds. The SMILES string of the molecule is CCCCC(CC)Cc1cc(-c2nnc(-c3cc(-c4nnc(-c5cc(CC(CC)CCCC)c(CC(CC)CCCC)c(CC(CC)CCCC)c5)s4)cc(-c4nnc(-c5cc(CC(CC)CCCC)c(CC(CC)CCCC)c(CC(CC)CCCC)c5)s4)c3)s2)cc(CC(CC)CCCC)c1CC(CC)CCCC. The van der Waals surface area contributed by atoms with Crippen molar-refractivity contribution in [2.75, 3.05) is 0 Å². The lowest BCUT2D eigenvalue weighted by Gasteiger charge is -2.26. The maximum absolute atomic E-state index is 5.29. The molecule has 7 rings (SSSR count). The Labute approximate surface area is 694 Å². The average molecular weight is 1570 g/mol. The van der Waals surface area contributed by atoms with Crippen LogP contribution in [0.1, 0.15) is 406 Å². The molecule has 0 aliphatic heterocycles. The maximum atomic E-state index is 5.29. The maximum Gasteiger partial charge on any atom is 0.148 e. The van der Waals surface area contributed by atoms with Crippen molar-refractivity contribution in [3.8, 4) is 63.4 Å². The quantitative estimate of drug-likeness (QED) is 0.0378. The van der Waals surface area contributed by atoms with E-state index >= 15 is 0 Å². The first-order valence-corrected chi connectivity index (χ1v) is 49.7. The van der Waals surface area contributed by atoms with Crippen LogP contribution in [0.15, 0.2) is 54.6 Å². The van der Waals surface area contributed by atoms with Gasteiger partial charge in [0.25, 0.3) is 0 Å². The highest BCUT2D eigenvalue weighted by Gasteiger charge is 2.28. The van der Waals surface area contributed by atoms with E-state index in [-0.39, 0.29) is 0 Å². The van der Waals surface area contributed by atoms with Gasteiger partial charge in [0, 0.05) is 33.4 Å². The van der Waals surface area contributed by atoms with Crippen LogP contribution in [0.25, 0.3) is 63.4 Å². The highest BCUT2D eigenvalue weighted by Crippen LogP contribution is 2.45. The number of rotatable bonds is 60. The molecule has 0 saturated carbocycles. The molecule has 9 unspecified atom stereocenters. The van der Waals surface area contributed by atoms with Gasteiger partial charge in [-0.3, -0.25) is 0 Å². The number of nitrogens with zero attached hydrogens (tertiary/aromatic N) is 6. The predicted molar refractivity (Wildman–Crippen MR) is 493 cm³/mol. The monoisotopic (exact) mass is 1570 g/mol. The number of aromatic nitrogens is 6. The van der Waals surface area contributed by atoms with E-state index in [0.29, 0.717) is 53.3 Å². The highest BCUT2D eigenvalue weighted by molar-refractivity contribution is 7.19. The molecule has 111 heavy (non-hydrogen) atoms. The standard InChI is InChI=1S/C102H162N6S3/c1-19-37-46-73(28-10)55-82-64-88(65-83(56-74(29-11)47-38-20-2)94(82)61-79(34-16)52-43-25-7)97-103-106-100(109-97)91-70-92(101-107-104-98(110-101)89-66-84(57-75(30-12)48-39-21-3)95(62-80(35-17)53-44-26-8)85(67-89)58-76(31-13)49-40-22-4)72-93(71-91)102-108-105-99(111-102)90-68-86(59-77(32-14)50-41-23-5)96(63-81(36-18)54-45-27-9)87(69-90)60-78(33-15)51-42-24-6/h64-81H,19-63H2,1-18H3. The van der Waals surface area contributed by atoms with Crippen molar-refractivity contribution in [2.45, 2.75) is 414 Å². The van der Waals surface area contributed by atoms with Gasteiger partial charge in [-0.05, 0) is 216 Å². The molecule has 0 radical (unpaired) electrons. The molecule has 9 atom stereocenters. The van der Waals surface area contributed by atoms with Gasteiger partial charge in [0.2, 0.25) is 0 Å². The third kappa shape index (κ3) is 29.3. The largest absolute Gasteiger partial charge is 0.148 e. The summed E-state index contributed by atoms with van der Waals surface area (Å²) in [6.07, 6.45) is 55.8. The van der Waals surface area contributed by atoms with Crippen LogP contribution in [-0.2, 0) is 57.8 Å². The lowest BCUT2D eigenvalue weighted by atomic mass is 9.80. The highest BCUT2D eigenvalue weighted by atomic mass is 32.1. The van der Waals surface area contributed by atoms with Crippen LogP contribution in [0.2, 0.25) is 0 Å². The fourth-order valence-corrected chi connectivity index (χ4v) is 20.7. The van der Waals surface area contributed by atoms with Gasteiger partial charge >= 0.3 is 0 Å². The van der Waals surface area contributed by atoms with Gasteiger partial charge in [0.05, 0.1) is 0 Å². The van der Waals surface area contributed by atoms with E-state index in [1.165, 1.54) is 267 Å². The summed E-state index contributed by atoms with van der Waals surface area (Å²) in [5.74, 6) is 6.04. The third-order valence-electron chi connectivity index (χ3n) is 26.4. The zero-order chi connectivity index (χ0) is 79.9. The molecule has 0 spiro atoms. The van der Waals surface area contributed by atoms with Gasteiger partial charge in [-0.25, -0.2) is 0 Å². The fraction of sp³-hybridized carbons (Fsp3) is 0.706. The van der Waals surface area contributed by atoms with Crippen molar-refractivity contribution in [3.63, 3.8) is 0 Å². The minimum absolute atomic E-state index is 0.660. The molecule has 3 aromatic heterocycles. The first kappa shape index (κ1) is 93.7. The summed E-state index contributed by atoms with van der Waals surface area (Å²) >= 11 is 5.30. The van der Waals surface area contributed by atoms with E-state index in [1.807, 2.05) is 0 Å². The van der Waals surface area contributed by atoms with Crippen molar-refractivity contribution in [3.05, 3.63) is 105 Å². The van der Waals surface area contributed by atoms with E-state index in [1.54, 1.807) is 84.1 Å². The summed E-state index contributed by atoms with van der Waals surface area (Å²) in [5, 5.41) is 37.6. The van der Waals surface area contributed by atoms with Gasteiger partial charge in [-0.2, -0.15) is 0 Å². The predicted octanol–water partition coefficient (Wildman–Crippen LogP) is 33.1. The fourth-order valence-electron chi connectivity index (χ4n) is 18.2. The Bertz CT molecular complexity index is 3180. The number of hydrogen-bond acceptors (Lipinski definition) is 9. The van der Waals surface area contributed by atoms with E-state index in [9.17, 15) is 0 Å². The van der Waals surface area contributed by atoms with Crippen molar-refractivity contribution >= 4 is 34.0 Å². The lowest BCUT2D eigenvalue weighted by Crippen LogP contribution is -2.14. The first-order valence-electron chi connectivity index (χ1n) is 47.3. The van der Waals surface area contributed by atoms with Crippen LogP contribution in [0.3, 0.4) is 0 Å². The number of unbranched alkanes of at least 4 members (excludes halogenated alkanes) is 9. The topological polar surface area (TPSA) is 77.3 Å². The van der Waals surface area contributed by atoms with Crippen LogP contribution < -0.4 is 0 Å². The van der Waals surface area contributed by atoms with Gasteiger partial charge in [-0.1, -0.05) is 390 Å². The Morgan fingerprint density at radius 1 is 0.189 bits per heavy atom. The smallest absolute Gasteiger partial charge is 0.138 e. The molecule has 0 fully saturated rings. The second-order valence-electron chi connectivity index (χ2n) is 34.9. The zero-order valence-corrected chi connectivity index (χ0v) is 77.1. The Hall–Kier alpha value is -4.44. The van der Waals surface area contributed by atoms with Crippen LogP contribution in [-0.4, -0.2) is 30.6 Å². The van der Waals surface area contributed by atoms with E-state index in [4.69, 9.17) is 30.6 Å². The summed E-state index contributed by atoms with van der Waals surface area (Å²) in [4.78, 5) is 0. The molecule has 6 nitrogen and oxygen atoms in total. The van der Waals surface area contributed by atoms with E-state index in [2.05, 4.69) is 179 Å². The second-order valence-corrected chi connectivity index (χ2v) is 37.9. The molecule has 3 heterocycles. The molecule has 0 aliphatic carbocycles. The summed E-state index contributed by atoms with van der Waals surface area (Å²) in [5.41, 5.74) is 21.3. The van der Waals surface area contributed by atoms with E-state index < -0.39 is 0 Å². The lowest BCUT2D eigenvalue weighted by molar-refractivity contribution is 0.425. The Kier molecular flexibility index (Phi) is 44.1. The van der Waals surface area contributed by atoms with Crippen LogP contribution >= 0.6 is 34.0 Å². The summed E-state index contributed by atoms with van der Waals surface area (Å²) in [6, 6.07) is 22.7. The van der Waals surface area contributed by atoms with Crippen molar-refractivity contribution < 1.29 is 0 Å². The van der Waals surface area contributed by atoms with Crippen LogP contribution in [0.4, 0.5) is 0 Å². The zero-order valence-electron chi connectivity index (χ0n) is 74.6. The molecule has 0 saturated heterocycles. The Morgan fingerprint density at radius 2 is 0.324 bits per heavy atom. The van der Waals surface area contributed by atoms with Crippen molar-refractivity contribution in [2.24, 2.45) is 53.3 Å². The van der Waals surface area contributed by atoms with E-state index in [0.717, 1.165) is 85.3 Å². The minimum atomic E-state index is 0.660. The Morgan fingerprint density at radius 3 is 0.459 bits per heavy atom. The summed E-state index contributed by atoms with van der Waals surface area (Å²) < 4.78 is 0. The number of benzene rings is 4. The number of hydrogen-bond donors (Lipinski definition) is 0. The Balaban J connectivity index is 1.49.